The van der Waals surface area contributed by atoms with Gasteiger partial charge in [-0.15, -0.1) is 0 Å². The maximum absolute atomic E-state index is 11.2. The number of benzene rings is 1. The number of ether oxygens (including phenoxy) is 1. The number of anilines is 1. The van der Waals surface area contributed by atoms with Gasteiger partial charge in [0, 0.05) is 0 Å². The summed E-state index contributed by atoms with van der Waals surface area (Å²) >= 11 is 0. The van der Waals surface area contributed by atoms with Crippen molar-refractivity contribution in [2.45, 2.75) is 26.2 Å². The summed E-state index contributed by atoms with van der Waals surface area (Å²) in [7, 11) is 0. The molecule has 2 rings (SSSR count). The highest BCUT2D eigenvalue weighted by Gasteiger charge is 2.20. The summed E-state index contributed by atoms with van der Waals surface area (Å²) in [4.78, 5) is 11.2. The monoisotopic (exact) mass is 205 g/mol. The number of rotatable bonds is 0. The lowest BCUT2D eigenvalue weighted by molar-refractivity contribution is -0.118. The predicted molar refractivity (Wildman–Crippen MR) is 59.3 cm³/mol. The van der Waals surface area contributed by atoms with Crippen molar-refractivity contribution < 1.29 is 9.53 Å². The van der Waals surface area contributed by atoms with E-state index in [1.807, 2.05) is 18.2 Å². The standard InChI is InChI=1S/C12H15NO2/c1-12(2,3)8-4-5-10-9(6-8)13-11(14)7-15-10/h4-6H,7H2,1-3H3,(H,13,14). The van der Waals surface area contributed by atoms with E-state index in [9.17, 15) is 4.79 Å². The van der Waals surface area contributed by atoms with E-state index in [0.29, 0.717) is 0 Å². The van der Waals surface area contributed by atoms with Gasteiger partial charge in [0.1, 0.15) is 5.75 Å². The summed E-state index contributed by atoms with van der Waals surface area (Å²) in [6.07, 6.45) is 0. The van der Waals surface area contributed by atoms with Gasteiger partial charge < -0.3 is 10.1 Å². The lowest BCUT2D eigenvalue weighted by atomic mass is 9.86. The van der Waals surface area contributed by atoms with Crippen LogP contribution in [-0.4, -0.2) is 12.5 Å². The molecule has 0 fully saturated rings. The Morgan fingerprint density at radius 1 is 1.33 bits per heavy atom. The Hall–Kier alpha value is -1.51. The van der Waals surface area contributed by atoms with Gasteiger partial charge in [-0.05, 0) is 23.1 Å². The fourth-order valence-electron chi connectivity index (χ4n) is 1.55. The molecule has 1 aliphatic rings. The van der Waals surface area contributed by atoms with Crippen LogP contribution in [0.1, 0.15) is 26.3 Å². The molecule has 3 nitrogen and oxygen atoms in total. The summed E-state index contributed by atoms with van der Waals surface area (Å²) in [5, 5.41) is 2.81. The second kappa shape index (κ2) is 3.26. The van der Waals surface area contributed by atoms with E-state index in [1.165, 1.54) is 5.56 Å². The molecule has 1 amide bonds. The van der Waals surface area contributed by atoms with Crippen molar-refractivity contribution in [2.24, 2.45) is 0 Å². The molecule has 0 saturated heterocycles. The molecule has 0 radical (unpaired) electrons. The first-order valence-corrected chi connectivity index (χ1v) is 5.04. The van der Waals surface area contributed by atoms with E-state index >= 15 is 0 Å². The van der Waals surface area contributed by atoms with E-state index in [1.54, 1.807) is 0 Å². The highest BCUT2D eigenvalue weighted by atomic mass is 16.5. The number of carbonyl (C=O) groups excluding carboxylic acids is 1. The van der Waals surface area contributed by atoms with Crippen molar-refractivity contribution in [1.82, 2.24) is 0 Å². The van der Waals surface area contributed by atoms with Crippen molar-refractivity contribution in [1.29, 1.82) is 0 Å². The van der Waals surface area contributed by atoms with Gasteiger partial charge >= 0.3 is 0 Å². The molecule has 1 N–H and O–H groups in total. The van der Waals surface area contributed by atoms with Gasteiger partial charge in [-0.3, -0.25) is 4.79 Å². The van der Waals surface area contributed by atoms with Gasteiger partial charge in [0.25, 0.3) is 5.91 Å². The van der Waals surface area contributed by atoms with Crippen LogP contribution in [-0.2, 0) is 10.2 Å². The zero-order valence-electron chi connectivity index (χ0n) is 9.26. The van der Waals surface area contributed by atoms with Crippen LogP contribution in [0.5, 0.6) is 5.75 Å². The first-order valence-electron chi connectivity index (χ1n) is 5.04. The second-order valence-corrected chi connectivity index (χ2v) is 4.80. The fraction of sp³-hybridized carbons (Fsp3) is 0.417. The molecular formula is C12H15NO2. The minimum atomic E-state index is -0.0893. The van der Waals surface area contributed by atoms with Crippen LogP contribution in [0.25, 0.3) is 0 Å². The van der Waals surface area contributed by atoms with E-state index < -0.39 is 0 Å². The van der Waals surface area contributed by atoms with E-state index in [4.69, 9.17) is 4.74 Å². The Kier molecular flexibility index (Phi) is 2.18. The van der Waals surface area contributed by atoms with Crippen LogP contribution < -0.4 is 10.1 Å². The quantitative estimate of drug-likeness (QED) is 0.705. The zero-order valence-corrected chi connectivity index (χ0v) is 9.26. The number of nitrogens with one attached hydrogen (secondary N) is 1. The minimum absolute atomic E-state index is 0.0806. The van der Waals surface area contributed by atoms with Crippen LogP contribution in [0.2, 0.25) is 0 Å². The second-order valence-electron chi connectivity index (χ2n) is 4.80. The third-order valence-electron chi connectivity index (χ3n) is 2.48. The maximum Gasteiger partial charge on any atom is 0.262 e. The molecule has 1 heterocycles. The number of amides is 1. The van der Waals surface area contributed by atoms with Gasteiger partial charge in [-0.2, -0.15) is 0 Å². The smallest absolute Gasteiger partial charge is 0.262 e. The average Bonchev–Trinajstić information content (AvgIpc) is 2.15. The highest BCUT2D eigenvalue weighted by Crippen LogP contribution is 2.32. The maximum atomic E-state index is 11.2. The summed E-state index contributed by atoms with van der Waals surface area (Å²) in [5.41, 5.74) is 2.04. The minimum Gasteiger partial charge on any atom is -0.482 e. The molecule has 0 spiro atoms. The normalized spacial score (nSPS) is 15.3. The molecule has 0 bridgehead atoms. The summed E-state index contributed by atoms with van der Waals surface area (Å²) in [5.74, 6) is 0.663. The summed E-state index contributed by atoms with van der Waals surface area (Å²) < 4.78 is 5.29. The molecule has 3 heteroatoms. The fourth-order valence-corrected chi connectivity index (χ4v) is 1.55. The third kappa shape index (κ3) is 1.96. The largest absolute Gasteiger partial charge is 0.482 e. The Balaban J connectivity index is 2.41. The Bertz CT molecular complexity index is 405. The molecule has 1 aromatic rings. The third-order valence-corrected chi connectivity index (χ3v) is 2.48. The van der Waals surface area contributed by atoms with Crippen LogP contribution >= 0.6 is 0 Å². The van der Waals surface area contributed by atoms with Gasteiger partial charge in [0.2, 0.25) is 0 Å². The highest BCUT2D eigenvalue weighted by molar-refractivity contribution is 5.95. The predicted octanol–water partition coefficient (Wildman–Crippen LogP) is 2.32. The van der Waals surface area contributed by atoms with Crippen LogP contribution in [0.15, 0.2) is 18.2 Å². The van der Waals surface area contributed by atoms with Crippen LogP contribution in [0.4, 0.5) is 5.69 Å². The lowest BCUT2D eigenvalue weighted by Gasteiger charge is -2.23. The Morgan fingerprint density at radius 2 is 2.07 bits per heavy atom. The van der Waals surface area contributed by atoms with E-state index in [0.717, 1.165) is 11.4 Å². The van der Waals surface area contributed by atoms with Gasteiger partial charge in [-0.25, -0.2) is 0 Å². The summed E-state index contributed by atoms with van der Waals surface area (Å²) in [6, 6.07) is 5.93. The van der Waals surface area contributed by atoms with Crippen molar-refractivity contribution in [2.75, 3.05) is 11.9 Å². The number of hydrogen-bond donors (Lipinski definition) is 1. The van der Waals surface area contributed by atoms with Crippen molar-refractivity contribution >= 4 is 11.6 Å². The average molecular weight is 205 g/mol. The Morgan fingerprint density at radius 3 is 2.73 bits per heavy atom. The molecular weight excluding hydrogens is 190 g/mol. The van der Waals surface area contributed by atoms with Crippen molar-refractivity contribution in [3.05, 3.63) is 23.8 Å². The lowest BCUT2D eigenvalue weighted by Crippen LogP contribution is -2.26. The summed E-state index contributed by atoms with van der Waals surface area (Å²) in [6.45, 7) is 6.53. The topological polar surface area (TPSA) is 38.3 Å². The first kappa shape index (κ1) is 10.0. The van der Waals surface area contributed by atoms with Crippen molar-refractivity contribution in [3.63, 3.8) is 0 Å². The van der Waals surface area contributed by atoms with Gasteiger partial charge in [0.05, 0.1) is 5.69 Å². The van der Waals surface area contributed by atoms with Gasteiger partial charge in [0.15, 0.2) is 6.61 Å². The SMILES string of the molecule is CC(C)(C)c1ccc2c(c1)NC(=O)CO2. The molecule has 0 aromatic heterocycles. The molecule has 0 saturated carbocycles. The van der Waals surface area contributed by atoms with Crippen LogP contribution in [0, 0.1) is 0 Å². The van der Waals surface area contributed by atoms with Crippen molar-refractivity contribution in [3.8, 4) is 5.75 Å². The first-order chi connectivity index (χ1) is 6.97. The van der Waals surface area contributed by atoms with E-state index in [-0.39, 0.29) is 17.9 Å². The number of fused-ring (bicyclic) bond motifs is 1. The van der Waals surface area contributed by atoms with Gasteiger partial charge in [-0.1, -0.05) is 26.8 Å². The van der Waals surface area contributed by atoms with E-state index in [2.05, 4.69) is 26.1 Å². The molecule has 1 aliphatic heterocycles. The molecule has 0 atom stereocenters. The molecule has 0 unspecified atom stereocenters. The molecule has 80 valence electrons. The van der Waals surface area contributed by atoms with Crippen LogP contribution in [0.3, 0.4) is 0 Å². The Labute approximate surface area is 89.4 Å². The molecule has 1 aromatic carbocycles. The number of hydrogen-bond acceptors (Lipinski definition) is 2. The molecule has 0 aliphatic carbocycles. The number of carbonyl (C=O) groups is 1. The molecule has 15 heavy (non-hydrogen) atoms. The zero-order chi connectivity index (χ0) is 11.1.